The largest absolute Gasteiger partial charge is 0.369 e. The number of rotatable bonds is 7. The Morgan fingerprint density at radius 1 is 1.18 bits per heavy atom. The second-order valence-electron chi connectivity index (χ2n) is 5.30. The third-order valence-corrected chi connectivity index (χ3v) is 3.46. The van der Waals surface area contributed by atoms with E-state index in [1.165, 1.54) is 5.56 Å². The van der Waals surface area contributed by atoms with Crippen LogP contribution in [0.4, 0.5) is 11.8 Å². The lowest BCUT2D eigenvalue weighted by molar-refractivity contribution is 0.830. The third kappa shape index (κ3) is 4.58. The highest BCUT2D eigenvalue weighted by atomic mass is 15.1. The number of nitrogens with one attached hydrogen (secondary N) is 1. The van der Waals surface area contributed by atoms with Gasteiger partial charge in [-0.25, -0.2) is 4.98 Å². The van der Waals surface area contributed by atoms with Crippen LogP contribution in [0.3, 0.4) is 0 Å². The summed E-state index contributed by atoms with van der Waals surface area (Å²) in [5.41, 5.74) is 8.97. The maximum absolute atomic E-state index is 5.77. The molecule has 0 aliphatic carbocycles. The second-order valence-corrected chi connectivity index (χ2v) is 5.30. The summed E-state index contributed by atoms with van der Waals surface area (Å²) < 4.78 is 0. The molecule has 0 radical (unpaired) electrons. The Balaban J connectivity index is 2.14. The molecule has 3 N–H and O–H groups in total. The molecule has 0 unspecified atom stereocenters. The zero-order chi connectivity index (χ0) is 15.8. The maximum atomic E-state index is 5.77. The Hall–Kier alpha value is -2.36. The molecule has 0 spiro atoms. The zero-order valence-corrected chi connectivity index (χ0v) is 13.3. The highest BCUT2D eigenvalue weighted by molar-refractivity contribution is 5.66. The number of aromatic nitrogens is 2. The van der Waals surface area contributed by atoms with Gasteiger partial charge in [0.25, 0.3) is 0 Å². The van der Waals surface area contributed by atoms with E-state index in [1.54, 1.807) is 0 Å². The van der Waals surface area contributed by atoms with E-state index in [1.807, 2.05) is 13.0 Å². The van der Waals surface area contributed by atoms with Crippen molar-refractivity contribution in [1.82, 2.24) is 9.97 Å². The minimum absolute atomic E-state index is 0.316. The van der Waals surface area contributed by atoms with Gasteiger partial charge in [0, 0.05) is 12.1 Å². The van der Waals surface area contributed by atoms with E-state index >= 15 is 0 Å². The van der Waals surface area contributed by atoms with E-state index < -0.39 is 0 Å². The summed E-state index contributed by atoms with van der Waals surface area (Å²) in [6.07, 6.45) is 7.36. The number of aryl methyl sites for hydroxylation is 1. The molecule has 4 nitrogen and oxygen atoms in total. The molecule has 0 bridgehead atoms. The van der Waals surface area contributed by atoms with Crippen LogP contribution < -0.4 is 11.1 Å². The highest BCUT2D eigenvalue weighted by Crippen LogP contribution is 2.19. The molecule has 0 fully saturated rings. The first-order valence-corrected chi connectivity index (χ1v) is 7.79. The number of anilines is 2. The van der Waals surface area contributed by atoms with Gasteiger partial charge >= 0.3 is 0 Å². The van der Waals surface area contributed by atoms with Crippen LogP contribution in [0.25, 0.3) is 6.08 Å². The number of unbranched alkanes of at least 4 members (excludes halogenated alkanes) is 1. The number of allylic oxidation sites excluding steroid dienone is 1. The molecule has 1 heterocycles. The fourth-order valence-electron chi connectivity index (χ4n) is 2.25. The van der Waals surface area contributed by atoms with E-state index in [2.05, 4.69) is 58.6 Å². The molecule has 1 aromatic carbocycles. The summed E-state index contributed by atoms with van der Waals surface area (Å²) in [7, 11) is 0. The average Bonchev–Trinajstić information content (AvgIpc) is 2.51. The van der Waals surface area contributed by atoms with Gasteiger partial charge in [-0.1, -0.05) is 55.8 Å². The SMILES string of the molecule is CCCCNc1nc(N)nc(C)c1/C=C/Cc1ccccc1. The van der Waals surface area contributed by atoms with Gasteiger partial charge in [0.1, 0.15) is 5.82 Å². The van der Waals surface area contributed by atoms with Crippen LogP contribution in [-0.4, -0.2) is 16.5 Å². The lowest BCUT2D eigenvalue weighted by Crippen LogP contribution is -2.09. The van der Waals surface area contributed by atoms with Crippen LogP contribution in [0.15, 0.2) is 36.4 Å². The number of benzene rings is 1. The van der Waals surface area contributed by atoms with Crippen molar-refractivity contribution in [2.75, 3.05) is 17.6 Å². The van der Waals surface area contributed by atoms with Crippen LogP contribution in [-0.2, 0) is 6.42 Å². The molecule has 2 aromatic rings. The molecule has 0 amide bonds. The smallest absolute Gasteiger partial charge is 0.222 e. The van der Waals surface area contributed by atoms with Crippen LogP contribution in [0.2, 0.25) is 0 Å². The molecule has 0 saturated carbocycles. The number of nitrogen functional groups attached to an aromatic ring is 1. The Labute approximate surface area is 132 Å². The first-order chi connectivity index (χ1) is 10.7. The number of nitrogens with two attached hydrogens (primary N) is 1. The molecule has 0 atom stereocenters. The van der Waals surface area contributed by atoms with Gasteiger partial charge < -0.3 is 11.1 Å². The first-order valence-electron chi connectivity index (χ1n) is 7.79. The van der Waals surface area contributed by atoms with Gasteiger partial charge in [-0.3, -0.25) is 0 Å². The minimum Gasteiger partial charge on any atom is -0.369 e. The van der Waals surface area contributed by atoms with E-state index in [0.717, 1.165) is 42.9 Å². The zero-order valence-electron chi connectivity index (χ0n) is 13.3. The molecular formula is C18H24N4. The van der Waals surface area contributed by atoms with Gasteiger partial charge in [-0.2, -0.15) is 4.98 Å². The molecule has 0 aliphatic heterocycles. The van der Waals surface area contributed by atoms with E-state index in [9.17, 15) is 0 Å². The first kappa shape index (κ1) is 16.0. The lowest BCUT2D eigenvalue weighted by atomic mass is 10.1. The van der Waals surface area contributed by atoms with Gasteiger partial charge in [-0.15, -0.1) is 0 Å². The highest BCUT2D eigenvalue weighted by Gasteiger charge is 2.07. The number of hydrogen-bond acceptors (Lipinski definition) is 4. The molecule has 22 heavy (non-hydrogen) atoms. The maximum Gasteiger partial charge on any atom is 0.222 e. The van der Waals surface area contributed by atoms with Gasteiger partial charge in [0.05, 0.1) is 5.69 Å². The van der Waals surface area contributed by atoms with Crippen LogP contribution >= 0.6 is 0 Å². The van der Waals surface area contributed by atoms with Crippen molar-refractivity contribution in [1.29, 1.82) is 0 Å². The van der Waals surface area contributed by atoms with Gasteiger partial charge in [0.2, 0.25) is 5.95 Å². The molecule has 4 heteroatoms. The summed E-state index contributed by atoms with van der Waals surface area (Å²) in [6.45, 7) is 5.03. The van der Waals surface area contributed by atoms with E-state index in [4.69, 9.17) is 5.73 Å². The van der Waals surface area contributed by atoms with E-state index in [0.29, 0.717) is 5.95 Å². The van der Waals surface area contributed by atoms with E-state index in [-0.39, 0.29) is 0 Å². The van der Waals surface area contributed by atoms with Crippen molar-refractivity contribution >= 4 is 17.8 Å². The normalized spacial score (nSPS) is 11.0. The topological polar surface area (TPSA) is 63.8 Å². The predicted octanol–water partition coefficient (Wildman–Crippen LogP) is 3.84. The Morgan fingerprint density at radius 2 is 1.95 bits per heavy atom. The third-order valence-electron chi connectivity index (χ3n) is 3.46. The standard InChI is InChI=1S/C18H24N4/c1-3-4-13-20-17-16(14(2)21-18(19)22-17)12-8-11-15-9-6-5-7-10-15/h5-10,12H,3-4,11,13H2,1-2H3,(H3,19,20,21,22)/b12-8+. The molecular weight excluding hydrogens is 272 g/mol. The Kier molecular flexibility index (Phi) is 5.95. The summed E-state index contributed by atoms with van der Waals surface area (Å²) in [5, 5.41) is 3.36. The van der Waals surface area contributed by atoms with Crippen LogP contribution in [0.5, 0.6) is 0 Å². The Morgan fingerprint density at radius 3 is 2.68 bits per heavy atom. The van der Waals surface area contributed by atoms with Crippen LogP contribution in [0.1, 0.15) is 36.6 Å². The lowest BCUT2D eigenvalue weighted by Gasteiger charge is -2.11. The summed E-state index contributed by atoms with van der Waals surface area (Å²) in [5.74, 6) is 1.14. The molecule has 0 saturated heterocycles. The monoisotopic (exact) mass is 296 g/mol. The minimum atomic E-state index is 0.316. The van der Waals surface area contributed by atoms with Gasteiger partial charge in [-0.05, 0) is 25.3 Å². The summed E-state index contributed by atoms with van der Waals surface area (Å²) in [4.78, 5) is 8.60. The molecule has 1 aromatic heterocycles. The predicted molar refractivity (Wildman–Crippen MR) is 93.8 cm³/mol. The fraction of sp³-hybridized carbons (Fsp3) is 0.333. The number of nitrogens with zero attached hydrogens (tertiary/aromatic N) is 2. The fourth-order valence-corrected chi connectivity index (χ4v) is 2.25. The number of hydrogen-bond donors (Lipinski definition) is 2. The Bertz CT molecular complexity index is 620. The van der Waals surface area contributed by atoms with Crippen molar-refractivity contribution in [3.8, 4) is 0 Å². The van der Waals surface area contributed by atoms with Crippen molar-refractivity contribution in [2.45, 2.75) is 33.1 Å². The van der Waals surface area contributed by atoms with Crippen molar-refractivity contribution in [2.24, 2.45) is 0 Å². The average molecular weight is 296 g/mol. The second kappa shape index (κ2) is 8.17. The molecule has 116 valence electrons. The molecule has 0 aliphatic rings. The summed E-state index contributed by atoms with van der Waals surface area (Å²) in [6, 6.07) is 10.4. The summed E-state index contributed by atoms with van der Waals surface area (Å²) >= 11 is 0. The van der Waals surface area contributed by atoms with Gasteiger partial charge in [0.15, 0.2) is 0 Å². The van der Waals surface area contributed by atoms with Crippen molar-refractivity contribution in [3.05, 3.63) is 53.2 Å². The van der Waals surface area contributed by atoms with Crippen LogP contribution in [0, 0.1) is 6.92 Å². The van der Waals surface area contributed by atoms with Crippen molar-refractivity contribution in [3.63, 3.8) is 0 Å². The quantitative estimate of drug-likeness (QED) is 0.762. The van der Waals surface area contributed by atoms with Crippen molar-refractivity contribution < 1.29 is 0 Å². The molecule has 2 rings (SSSR count).